The van der Waals surface area contributed by atoms with Crippen LogP contribution in [-0.2, 0) is 17.8 Å². The molecule has 0 unspecified atom stereocenters. The van der Waals surface area contributed by atoms with Crippen LogP contribution >= 0.6 is 0 Å². The zero-order valence-electron chi connectivity index (χ0n) is 15.3. The number of rotatable bonds is 7. The van der Waals surface area contributed by atoms with Gasteiger partial charge in [-0.3, -0.25) is 4.57 Å². The molecule has 1 aliphatic rings. The first kappa shape index (κ1) is 17.9. The molecule has 1 aromatic rings. The second-order valence-electron chi connectivity index (χ2n) is 7.43. The number of ether oxygens (including phenoxy) is 1. The first-order chi connectivity index (χ1) is 10.8. The molecule has 2 heterocycles. The van der Waals surface area contributed by atoms with E-state index in [0.29, 0.717) is 0 Å². The molecule has 0 bridgehead atoms. The lowest BCUT2D eigenvalue weighted by atomic mass is 9.81. The lowest BCUT2D eigenvalue weighted by Crippen LogP contribution is -2.42. The van der Waals surface area contributed by atoms with Gasteiger partial charge in [-0.05, 0) is 39.3 Å². The maximum absolute atomic E-state index is 5.38. The van der Waals surface area contributed by atoms with E-state index in [2.05, 4.69) is 59.1 Å². The third-order valence-electron chi connectivity index (χ3n) is 4.44. The van der Waals surface area contributed by atoms with Crippen molar-refractivity contribution in [1.29, 1.82) is 0 Å². The second kappa shape index (κ2) is 7.45. The molecule has 1 fully saturated rings. The summed E-state index contributed by atoms with van der Waals surface area (Å²) in [5, 5.41) is 8.90. The van der Waals surface area contributed by atoms with Crippen LogP contribution in [0.2, 0.25) is 0 Å². The number of hydrogen-bond acceptors (Lipinski definition) is 5. The molecule has 6 heteroatoms. The molecule has 1 aliphatic heterocycles. The van der Waals surface area contributed by atoms with Crippen LogP contribution in [0, 0.1) is 5.41 Å². The fourth-order valence-corrected chi connectivity index (χ4v) is 3.13. The largest absolute Gasteiger partial charge is 0.384 e. The zero-order chi connectivity index (χ0) is 17.0. The third-order valence-corrected chi connectivity index (χ3v) is 4.44. The van der Waals surface area contributed by atoms with Gasteiger partial charge in [0.2, 0.25) is 5.95 Å². The average Bonchev–Trinajstić information content (AvgIpc) is 2.81. The van der Waals surface area contributed by atoms with Crippen molar-refractivity contribution in [2.45, 2.75) is 39.8 Å². The number of methoxy groups -OCH3 is 1. The van der Waals surface area contributed by atoms with E-state index in [1.165, 1.54) is 0 Å². The Balaban J connectivity index is 2.16. The molecule has 0 aliphatic carbocycles. The first-order valence-corrected chi connectivity index (χ1v) is 8.30. The number of allylic oxidation sites excluding steroid dienone is 1. The fourth-order valence-electron chi connectivity index (χ4n) is 3.13. The number of hydrogen-bond donors (Lipinski definition) is 0. The van der Waals surface area contributed by atoms with Crippen LogP contribution in [0.5, 0.6) is 0 Å². The normalized spacial score (nSPS) is 17.7. The molecule has 1 aromatic heterocycles. The average molecular weight is 321 g/mol. The van der Waals surface area contributed by atoms with Gasteiger partial charge in [-0.1, -0.05) is 19.1 Å². The van der Waals surface area contributed by atoms with E-state index in [4.69, 9.17) is 4.74 Å². The van der Waals surface area contributed by atoms with Crippen molar-refractivity contribution < 1.29 is 4.74 Å². The van der Waals surface area contributed by atoms with Gasteiger partial charge < -0.3 is 14.5 Å². The number of anilines is 1. The van der Waals surface area contributed by atoms with Gasteiger partial charge in [0, 0.05) is 26.7 Å². The van der Waals surface area contributed by atoms with Crippen molar-refractivity contribution in [2.24, 2.45) is 5.41 Å². The summed E-state index contributed by atoms with van der Waals surface area (Å²) in [7, 11) is 5.89. The van der Waals surface area contributed by atoms with Gasteiger partial charge >= 0.3 is 0 Å². The summed E-state index contributed by atoms with van der Waals surface area (Å²) >= 11 is 0. The molecule has 130 valence electrons. The summed E-state index contributed by atoms with van der Waals surface area (Å²) in [5.41, 5.74) is 1.39. The minimum absolute atomic E-state index is 0.275. The maximum atomic E-state index is 5.38. The van der Waals surface area contributed by atoms with E-state index in [1.807, 2.05) is 0 Å². The molecule has 1 saturated heterocycles. The highest BCUT2D eigenvalue weighted by Gasteiger charge is 2.32. The zero-order valence-corrected chi connectivity index (χ0v) is 15.3. The van der Waals surface area contributed by atoms with Gasteiger partial charge in [-0.15, -0.1) is 10.2 Å². The Labute approximate surface area is 140 Å². The highest BCUT2D eigenvalue weighted by molar-refractivity contribution is 5.33. The monoisotopic (exact) mass is 321 g/mol. The Hall–Kier alpha value is -1.40. The molecule has 23 heavy (non-hydrogen) atoms. The van der Waals surface area contributed by atoms with Crippen LogP contribution in [0.15, 0.2) is 12.2 Å². The SMILES string of the molecule is C=C(C)Cn1c(CN(C)C)nnc1N1CCC(C)(COC)CC1. The highest BCUT2D eigenvalue weighted by atomic mass is 16.5. The molecule has 0 aromatic carbocycles. The molecule has 0 saturated carbocycles. The molecular weight excluding hydrogens is 290 g/mol. The van der Waals surface area contributed by atoms with Crippen molar-refractivity contribution in [1.82, 2.24) is 19.7 Å². The molecule has 0 atom stereocenters. The van der Waals surface area contributed by atoms with E-state index >= 15 is 0 Å². The molecule has 2 rings (SSSR count). The summed E-state index contributed by atoms with van der Waals surface area (Å²) in [6, 6.07) is 0. The molecule has 0 N–H and O–H groups in total. The van der Waals surface area contributed by atoms with Gasteiger partial charge in [-0.2, -0.15) is 0 Å². The van der Waals surface area contributed by atoms with E-state index in [1.54, 1.807) is 7.11 Å². The van der Waals surface area contributed by atoms with Crippen LogP contribution < -0.4 is 4.90 Å². The second-order valence-corrected chi connectivity index (χ2v) is 7.43. The lowest BCUT2D eigenvalue weighted by Gasteiger charge is -2.39. The van der Waals surface area contributed by atoms with Gasteiger partial charge in [0.25, 0.3) is 0 Å². The molecule has 6 nitrogen and oxygen atoms in total. The van der Waals surface area contributed by atoms with E-state index < -0.39 is 0 Å². The Kier molecular flexibility index (Phi) is 5.81. The lowest BCUT2D eigenvalue weighted by molar-refractivity contribution is 0.0728. The summed E-state index contributed by atoms with van der Waals surface area (Å²) in [4.78, 5) is 4.47. The van der Waals surface area contributed by atoms with Crippen LogP contribution in [0.4, 0.5) is 5.95 Å². The Morgan fingerprint density at radius 1 is 1.30 bits per heavy atom. The van der Waals surface area contributed by atoms with Crippen molar-refractivity contribution in [3.8, 4) is 0 Å². The number of aromatic nitrogens is 3. The summed E-state index contributed by atoms with van der Waals surface area (Å²) in [6.45, 7) is 12.8. The van der Waals surface area contributed by atoms with E-state index in [0.717, 1.165) is 63.0 Å². The van der Waals surface area contributed by atoms with Crippen LogP contribution in [0.25, 0.3) is 0 Å². The number of piperidine rings is 1. The standard InChI is InChI=1S/C17H31N5O/c1-14(2)11-22-15(12-20(4)5)18-19-16(22)21-9-7-17(3,8-10-21)13-23-6/h1,7-13H2,2-6H3. The number of nitrogens with zero attached hydrogens (tertiary/aromatic N) is 5. The van der Waals surface area contributed by atoms with Gasteiger partial charge in [0.1, 0.15) is 5.82 Å². The predicted molar refractivity (Wildman–Crippen MR) is 93.7 cm³/mol. The fraction of sp³-hybridized carbons (Fsp3) is 0.765. The van der Waals surface area contributed by atoms with Gasteiger partial charge in [0.05, 0.1) is 13.2 Å². The third kappa shape index (κ3) is 4.54. The molecule has 0 spiro atoms. The van der Waals surface area contributed by atoms with E-state index in [-0.39, 0.29) is 5.41 Å². The summed E-state index contributed by atoms with van der Waals surface area (Å²) in [6.07, 6.45) is 2.23. The Bertz CT molecular complexity index is 529. The summed E-state index contributed by atoms with van der Waals surface area (Å²) < 4.78 is 7.59. The van der Waals surface area contributed by atoms with Crippen molar-refractivity contribution in [3.05, 3.63) is 18.0 Å². The molecule has 0 amide bonds. The molecular formula is C17H31N5O. The quantitative estimate of drug-likeness (QED) is 0.720. The Morgan fingerprint density at radius 2 is 1.96 bits per heavy atom. The van der Waals surface area contributed by atoms with E-state index in [9.17, 15) is 0 Å². The van der Waals surface area contributed by atoms with Crippen molar-refractivity contribution in [3.63, 3.8) is 0 Å². The van der Waals surface area contributed by atoms with Crippen LogP contribution in [0.3, 0.4) is 0 Å². The minimum Gasteiger partial charge on any atom is -0.384 e. The first-order valence-electron chi connectivity index (χ1n) is 8.30. The topological polar surface area (TPSA) is 46.4 Å². The predicted octanol–water partition coefficient (Wildman–Crippen LogP) is 2.17. The molecule has 0 radical (unpaired) electrons. The highest BCUT2D eigenvalue weighted by Crippen LogP contribution is 2.33. The minimum atomic E-state index is 0.275. The van der Waals surface area contributed by atoms with Crippen LogP contribution in [0.1, 0.15) is 32.5 Å². The van der Waals surface area contributed by atoms with Crippen LogP contribution in [-0.4, -0.2) is 60.6 Å². The van der Waals surface area contributed by atoms with Crippen molar-refractivity contribution >= 4 is 5.95 Å². The summed E-state index contributed by atoms with van der Waals surface area (Å²) in [5.74, 6) is 1.97. The smallest absolute Gasteiger partial charge is 0.227 e. The van der Waals surface area contributed by atoms with Crippen molar-refractivity contribution in [2.75, 3.05) is 45.8 Å². The van der Waals surface area contributed by atoms with Gasteiger partial charge in [0.15, 0.2) is 0 Å². The maximum Gasteiger partial charge on any atom is 0.227 e. The Morgan fingerprint density at radius 3 is 2.48 bits per heavy atom. The van der Waals surface area contributed by atoms with Gasteiger partial charge in [-0.25, -0.2) is 0 Å².